The van der Waals surface area contributed by atoms with Gasteiger partial charge in [0.2, 0.25) is 0 Å². The summed E-state index contributed by atoms with van der Waals surface area (Å²) in [4.78, 5) is 2.19. The van der Waals surface area contributed by atoms with E-state index in [1.165, 1.54) is 6.26 Å². The van der Waals surface area contributed by atoms with Gasteiger partial charge in [-0.2, -0.15) is 0 Å². The third-order valence-electron chi connectivity index (χ3n) is 2.26. The minimum Gasteiger partial charge on any atom is -0.301 e. The van der Waals surface area contributed by atoms with E-state index in [0.29, 0.717) is 6.42 Å². The van der Waals surface area contributed by atoms with Crippen molar-refractivity contribution in [2.75, 3.05) is 43.1 Å². The smallest absolute Gasteiger partial charge is 0.147 e. The van der Waals surface area contributed by atoms with Crippen molar-refractivity contribution in [2.24, 2.45) is 0 Å². The predicted octanol–water partition coefficient (Wildman–Crippen LogP) is -0.515. The number of hydrogen-bond acceptors (Lipinski definition) is 4. The van der Waals surface area contributed by atoms with Crippen molar-refractivity contribution in [3.05, 3.63) is 0 Å². The van der Waals surface area contributed by atoms with E-state index in [2.05, 4.69) is 4.90 Å². The Kier molecular flexibility index (Phi) is 4.53. The van der Waals surface area contributed by atoms with Crippen LogP contribution in [0.15, 0.2) is 0 Å². The van der Waals surface area contributed by atoms with E-state index in [9.17, 15) is 12.6 Å². The predicted molar refractivity (Wildman–Crippen MR) is 58.6 cm³/mol. The van der Waals surface area contributed by atoms with Crippen LogP contribution in [0.2, 0.25) is 0 Å². The molecule has 1 heterocycles. The second-order valence-corrected chi connectivity index (χ2v) is 7.63. The zero-order valence-electron chi connectivity index (χ0n) is 8.44. The summed E-state index contributed by atoms with van der Waals surface area (Å²) in [6.07, 6.45) is 1.95. The summed E-state index contributed by atoms with van der Waals surface area (Å²) in [5.41, 5.74) is 0. The molecule has 1 aliphatic rings. The van der Waals surface area contributed by atoms with Gasteiger partial charge in [-0.1, -0.05) is 0 Å². The molecule has 0 aliphatic carbocycles. The van der Waals surface area contributed by atoms with Crippen LogP contribution in [0.25, 0.3) is 0 Å². The van der Waals surface area contributed by atoms with Gasteiger partial charge >= 0.3 is 0 Å². The molecule has 0 N–H and O–H groups in total. The quantitative estimate of drug-likeness (QED) is 0.663. The van der Waals surface area contributed by atoms with Gasteiger partial charge in [-0.3, -0.25) is 4.21 Å². The fraction of sp³-hybridized carbons (Fsp3) is 1.00. The van der Waals surface area contributed by atoms with E-state index < -0.39 is 20.6 Å². The molecule has 0 unspecified atom stereocenters. The molecule has 0 saturated carbocycles. The van der Waals surface area contributed by atoms with E-state index >= 15 is 0 Å². The Morgan fingerprint density at radius 1 is 1.29 bits per heavy atom. The van der Waals surface area contributed by atoms with Gasteiger partial charge in [-0.15, -0.1) is 0 Å². The van der Waals surface area contributed by atoms with E-state index in [1.807, 2.05) is 0 Å². The van der Waals surface area contributed by atoms with Crippen molar-refractivity contribution >= 4 is 20.6 Å². The molecule has 0 aromatic heterocycles. The van der Waals surface area contributed by atoms with Crippen LogP contribution >= 0.6 is 0 Å². The summed E-state index contributed by atoms with van der Waals surface area (Å²) in [7, 11) is -3.47. The van der Waals surface area contributed by atoms with Crippen molar-refractivity contribution in [3.63, 3.8) is 0 Å². The molecule has 0 aromatic carbocycles. The first-order chi connectivity index (χ1) is 6.47. The van der Waals surface area contributed by atoms with Crippen LogP contribution in [0.5, 0.6) is 0 Å². The SMILES string of the molecule is CS(=O)(=O)CCCN1CCS(=O)CC1. The third-order valence-corrected chi connectivity index (χ3v) is 4.57. The number of sulfone groups is 1. The molecule has 0 atom stereocenters. The lowest BCUT2D eigenvalue weighted by Gasteiger charge is -2.25. The molecule has 0 amide bonds. The van der Waals surface area contributed by atoms with Gasteiger partial charge in [0.15, 0.2) is 0 Å². The first kappa shape index (κ1) is 12.1. The van der Waals surface area contributed by atoms with E-state index in [0.717, 1.165) is 31.1 Å². The number of hydrogen-bond donors (Lipinski definition) is 0. The largest absolute Gasteiger partial charge is 0.301 e. The lowest BCUT2D eigenvalue weighted by molar-refractivity contribution is 0.300. The second-order valence-electron chi connectivity index (χ2n) is 3.67. The van der Waals surface area contributed by atoms with Gasteiger partial charge in [0, 0.05) is 41.7 Å². The minimum atomic E-state index is -2.82. The summed E-state index contributed by atoms with van der Waals surface area (Å²) in [6, 6.07) is 0. The molecule has 84 valence electrons. The molecule has 1 aliphatic heterocycles. The molecule has 1 fully saturated rings. The molecule has 4 nitrogen and oxygen atoms in total. The van der Waals surface area contributed by atoms with E-state index in [-0.39, 0.29) is 5.75 Å². The second kappa shape index (κ2) is 5.23. The fourth-order valence-electron chi connectivity index (χ4n) is 1.45. The monoisotopic (exact) mass is 239 g/mol. The van der Waals surface area contributed by atoms with E-state index in [1.54, 1.807) is 0 Å². The molecule has 0 aromatic rings. The molecule has 0 bridgehead atoms. The maximum absolute atomic E-state index is 11.0. The zero-order chi connectivity index (χ0) is 10.6. The highest BCUT2D eigenvalue weighted by Crippen LogP contribution is 2.01. The molecule has 1 rings (SSSR count). The Labute approximate surface area is 88.0 Å². The van der Waals surface area contributed by atoms with Gasteiger partial charge in [0.1, 0.15) is 9.84 Å². The lowest BCUT2D eigenvalue weighted by Crippen LogP contribution is -2.38. The number of rotatable bonds is 4. The standard InChI is InChI=1S/C8H17NO3S2/c1-14(11,12)8-2-3-9-4-6-13(10)7-5-9/h2-8H2,1H3. The van der Waals surface area contributed by atoms with Gasteiger partial charge < -0.3 is 4.90 Å². The third kappa shape index (κ3) is 5.07. The topological polar surface area (TPSA) is 54.5 Å². The summed E-state index contributed by atoms with van der Waals surface area (Å²) in [5.74, 6) is 1.73. The highest BCUT2D eigenvalue weighted by molar-refractivity contribution is 7.90. The lowest BCUT2D eigenvalue weighted by atomic mass is 10.4. The summed E-state index contributed by atoms with van der Waals surface area (Å²) in [5, 5.41) is 0. The maximum Gasteiger partial charge on any atom is 0.147 e. The molecule has 0 radical (unpaired) electrons. The maximum atomic E-state index is 11.0. The molecular formula is C8H17NO3S2. The average molecular weight is 239 g/mol. The van der Waals surface area contributed by atoms with Crippen LogP contribution in [0.3, 0.4) is 0 Å². The minimum absolute atomic E-state index is 0.257. The average Bonchev–Trinajstić information content (AvgIpc) is 2.06. The van der Waals surface area contributed by atoms with Gasteiger partial charge in [-0.05, 0) is 13.0 Å². The van der Waals surface area contributed by atoms with Crippen LogP contribution < -0.4 is 0 Å². The Hall–Kier alpha value is 0.0600. The molecule has 14 heavy (non-hydrogen) atoms. The van der Waals surface area contributed by atoms with Crippen molar-refractivity contribution in [2.45, 2.75) is 6.42 Å². The normalized spacial score (nSPS) is 21.2. The highest BCUT2D eigenvalue weighted by atomic mass is 32.2. The summed E-state index contributed by atoms with van der Waals surface area (Å²) >= 11 is 0. The fourth-order valence-corrected chi connectivity index (χ4v) is 3.23. The van der Waals surface area contributed by atoms with Gasteiger partial charge in [0.25, 0.3) is 0 Å². The highest BCUT2D eigenvalue weighted by Gasteiger charge is 2.14. The molecule has 6 heteroatoms. The Balaban J connectivity index is 2.17. The van der Waals surface area contributed by atoms with Crippen LogP contribution in [0, 0.1) is 0 Å². The molecular weight excluding hydrogens is 222 g/mol. The van der Waals surface area contributed by atoms with Crippen LogP contribution in [-0.2, 0) is 20.6 Å². The first-order valence-corrected chi connectivity index (χ1v) is 8.27. The Bertz CT molecular complexity index is 290. The van der Waals surface area contributed by atoms with Crippen molar-refractivity contribution in [1.29, 1.82) is 0 Å². The van der Waals surface area contributed by atoms with Crippen molar-refractivity contribution in [1.82, 2.24) is 4.90 Å². The van der Waals surface area contributed by atoms with Crippen molar-refractivity contribution in [3.8, 4) is 0 Å². The Morgan fingerprint density at radius 3 is 2.36 bits per heavy atom. The molecule has 1 saturated heterocycles. The summed E-state index contributed by atoms with van der Waals surface area (Å²) in [6.45, 7) is 2.50. The van der Waals surface area contributed by atoms with Gasteiger partial charge in [0.05, 0.1) is 5.75 Å². The summed E-state index contributed by atoms with van der Waals surface area (Å²) < 4.78 is 32.7. The first-order valence-electron chi connectivity index (χ1n) is 4.72. The van der Waals surface area contributed by atoms with Gasteiger partial charge in [-0.25, -0.2) is 8.42 Å². The van der Waals surface area contributed by atoms with Crippen LogP contribution in [-0.4, -0.2) is 60.7 Å². The zero-order valence-corrected chi connectivity index (χ0v) is 10.1. The molecule has 0 spiro atoms. The van der Waals surface area contributed by atoms with E-state index in [4.69, 9.17) is 0 Å². The van der Waals surface area contributed by atoms with Crippen molar-refractivity contribution < 1.29 is 12.6 Å². The van der Waals surface area contributed by atoms with Crippen LogP contribution in [0.1, 0.15) is 6.42 Å². The van der Waals surface area contributed by atoms with Crippen LogP contribution in [0.4, 0.5) is 0 Å². The Morgan fingerprint density at radius 2 is 1.86 bits per heavy atom. The number of nitrogens with zero attached hydrogens (tertiary/aromatic N) is 1.